The molecule has 4 heteroatoms. The molecule has 0 aliphatic heterocycles. The van der Waals surface area contributed by atoms with Crippen molar-refractivity contribution in [3.05, 3.63) is 30.1 Å². The van der Waals surface area contributed by atoms with Crippen molar-refractivity contribution in [3.63, 3.8) is 0 Å². The molecule has 2 N–H and O–H groups in total. The minimum atomic E-state index is -0.364. The maximum atomic E-state index is 13.1. The number of rotatable bonds is 6. The highest BCUT2D eigenvalue weighted by molar-refractivity contribution is 5.23. The van der Waals surface area contributed by atoms with Crippen LogP contribution in [0.5, 0.6) is 5.75 Å². The second-order valence-corrected chi connectivity index (χ2v) is 3.28. The van der Waals surface area contributed by atoms with E-state index in [0.717, 1.165) is 0 Å². The number of ether oxygens (including phenoxy) is 2. The van der Waals surface area contributed by atoms with Gasteiger partial charge in [-0.3, -0.25) is 0 Å². The van der Waals surface area contributed by atoms with Crippen molar-refractivity contribution >= 4 is 0 Å². The lowest BCUT2D eigenvalue weighted by atomic mass is 10.2. The molecular weight excluding hydrogens is 197 g/mol. The molecule has 3 nitrogen and oxygen atoms in total. The Hall–Kier alpha value is -1.13. The Morgan fingerprint density at radius 2 is 2.13 bits per heavy atom. The number of hydrogen-bond acceptors (Lipinski definition) is 3. The summed E-state index contributed by atoms with van der Waals surface area (Å²) in [4.78, 5) is 0. The number of benzene rings is 1. The average Bonchev–Trinajstić information content (AvgIpc) is 2.25. The molecule has 0 aliphatic carbocycles. The van der Waals surface area contributed by atoms with Gasteiger partial charge in [-0.2, -0.15) is 0 Å². The second kappa shape index (κ2) is 6.37. The molecule has 84 valence electrons. The Labute approximate surface area is 89.0 Å². The van der Waals surface area contributed by atoms with Crippen LogP contribution in [0, 0.1) is 5.82 Å². The average molecular weight is 213 g/mol. The van der Waals surface area contributed by atoms with Gasteiger partial charge in [-0.15, -0.1) is 0 Å². The third-order valence-corrected chi connectivity index (χ3v) is 1.98. The summed E-state index contributed by atoms with van der Waals surface area (Å²) < 4.78 is 23.2. The van der Waals surface area contributed by atoms with Crippen LogP contribution in [0.1, 0.15) is 6.42 Å². The monoisotopic (exact) mass is 213 g/mol. The number of halogens is 1. The predicted octanol–water partition coefficient (Wildman–Crippen LogP) is 1.57. The van der Waals surface area contributed by atoms with Gasteiger partial charge >= 0.3 is 0 Å². The number of hydrogen-bond donors (Lipinski definition) is 1. The van der Waals surface area contributed by atoms with Crippen LogP contribution in [0.4, 0.5) is 4.39 Å². The Morgan fingerprint density at radius 3 is 2.80 bits per heavy atom. The first kappa shape index (κ1) is 11.9. The lowest BCUT2D eigenvalue weighted by molar-refractivity contribution is 0.174. The molecule has 0 saturated heterocycles. The molecule has 0 amide bonds. The van der Waals surface area contributed by atoms with Crippen molar-refractivity contribution in [2.45, 2.75) is 12.5 Å². The van der Waals surface area contributed by atoms with E-state index in [1.807, 2.05) is 0 Å². The molecule has 1 atom stereocenters. The summed E-state index contributed by atoms with van der Waals surface area (Å²) >= 11 is 0. The van der Waals surface area contributed by atoms with Gasteiger partial charge in [0.25, 0.3) is 0 Å². The maximum Gasteiger partial charge on any atom is 0.165 e. The first-order valence-electron chi connectivity index (χ1n) is 4.86. The van der Waals surface area contributed by atoms with E-state index in [4.69, 9.17) is 15.2 Å². The first-order chi connectivity index (χ1) is 7.24. The van der Waals surface area contributed by atoms with E-state index in [1.165, 1.54) is 6.07 Å². The van der Waals surface area contributed by atoms with Crippen molar-refractivity contribution in [1.29, 1.82) is 0 Å². The number of nitrogens with two attached hydrogens (primary N) is 1. The van der Waals surface area contributed by atoms with Crippen molar-refractivity contribution in [3.8, 4) is 5.75 Å². The summed E-state index contributed by atoms with van der Waals surface area (Å²) in [6.45, 7) is 0.881. The van der Waals surface area contributed by atoms with Crippen LogP contribution in [-0.4, -0.2) is 26.4 Å². The van der Waals surface area contributed by atoms with Crippen molar-refractivity contribution in [2.24, 2.45) is 5.73 Å². The van der Waals surface area contributed by atoms with Gasteiger partial charge < -0.3 is 15.2 Å². The molecule has 0 saturated carbocycles. The van der Waals surface area contributed by atoms with E-state index < -0.39 is 0 Å². The Morgan fingerprint density at radius 1 is 1.40 bits per heavy atom. The molecule has 1 aromatic rings. The molecule has 0 fully saturated rings. The second-order valence-electron chi connectivity index (χ2n) is 3.28. The quantitative estimate of drug-likeness (QED) is 0.780. The van der Waals surface area contributed by atoms with Crippen LogP contribution in [0.3, 0.4) is 0 Å². The van der Waals surface area contributed by atoms with E-state index in [-0.39, 0.29) is 17.6 Å². The number of para-hydroxylation sites is 1. The summed E-state index contributed by atoms with van der Waals surface area (Å²) in [5.74, 6) is -0.123. The largest absolute Gasteiger partial charge is 0.489 e. The zero-order chi connectivity index (χ0) is 11.1. The summed E-state index contributed by atoms with van der Waals surface area (Å²) in [5, 5.41) is 0. The van der Waals surface area contributed by atoms with Gasteiger partial charge in [0.2, 0.25) is 0 Å². The fourth-order valence-corrected chi connectivity index (χ4v) is 1.11. The van der Waals surface area contributed by atoms with E-state index >= 15 is 0 Å². The fraction of sp³-hybridized carbons (Fsp3) is 0.455. The highest BCUT2D eigenvalue weighted by Gasteiger charge is 2.05. The molecule has 0 heterocycles. The minimum Gasteiger partial charge on any atom is -0.489 e. The molecule has 0 aliphatic rings. The molecule has 15 heavy (non-hydrogen) atoms. The molecule has 0 aromatic heterocycles. The summed E-state index contributed by atoms with van der Waals surface area (Å²) in [6, 6.07) is 6.14. The molecule has 0 bridgehead atoms. The van der Waals surface area contributed by atoms with Crippen LogP contribution in [0.25, 0.3) is 0 Å². The van der Waals surface area contributed by atoms with Crippen LogP contribution in [0.2, 0.25) is 0 Å². The van der Waals surface area contributed by atoms with Crippen LogP contribution >= 0.6 is 0 Å². The summed E-state index contributed by atoms with van der Waals surface area (Å²) in [5.41, 5.74) is 5.73. The van der Waals surface area contributed by atoms with Crippen LogP contribution in [-0.2, 0) is 4.74 Å². The standard InChI is InChI=1S/C11H16FNO2/c1-14-7-6-9(13)8-15-11-5-3-2-4-10(11)12/h2-5,9H,6-8,13H2,1H3. The summed E-state index contributed by atoms with van der Waals surface area (Å²) in [7, 11) is 1.62. The Kier molecular flexibility index (Phi) is 5.07. The molecule has 1 unspecified atom stereocenters. The minimum absolute atomic E-state index is 0.135. The van der Waals surface area contributed by atoms with Crippen molar-refractivity contribution in [1.82, 2.24) is 0 Å². The molecule has 1 aromatic carbocycles. The molecular formula is C11H16FNO2. The van der Waals surface area contributed by atoms with Crippen LogP contribution in [0.15, 0.2) is 24.3 Å². The van der Waals surface area contributed by atoms with Gasteiger partial charge in [-0.05, 0) is 18.6 Å². The zero-order valence-electron chi connectivity index (χ0n) is 8.78. The Balaban J connectivity index is 2.33. The van der Waals surface area contributed by atoms with Gasteiger partial charge in [-0.1, -0.05) is 12.1 Å². The molecule has 0 spiro atoms. The van der Waals surface area contributed by atoms with Crippen molar-refractivity contribution in [2.75, 3.05) is 20.3 Å². The molecule has 1 rings (SSSR count). The van der Waals surface area contributed by atoms with Gasteiger partial charge in [0.1, 0.15) is 6.61 Å². The predicted molar refractivity (Wildman–Crippen MR) is 56.4 cm³/mol. The lowest BCUT2D eigenvalue weighted by Crippen LogP contribution is -2.29. The van der Waals surface area contributed by atoms with Crippen LogP contribution < -0.4 is 10.5 Å². The zero-order valence-corrected chi connectivity index (χ0v) is 8.78. The Bertz CT molecular complexity index is 294. The summed E-state index contributed by atoms with van der Waals surface area (Å²) in [6.07, 6.45) is 0.699. The highest BCUT2D eigenvalue weighted by atomic mass is 19.1. The van der Waals surface area contributed by atoms with Crippen molar-refractivity contribution < 1.29 is 13.9 Å². The first-order valence-corrected chi connectivity index (χ1v) is 4.86. The van der Waals surface area contributed by atoms with Gasteiger partial charge in [0.05, 0.1) is 0 Å². The number of methoxy groups -OCH3 is 1. The van der Waals surface area contributed by atoms with Gasteiger partial charge in [0, 0.05) is 19.8 Å². The smallest absolute Gasteiger partial charge is 0.165 e. The van der Waals surface area contributed by atoms with Gasteiger partial charge in [0.15, 0.2) is 11.6 Å². The highest BCUT2D eigenvalue weighted by Crippen LogP contribution is 2.15. The normalized spacial score (nSPS) is 12.5. The van der Waals surface area contributed by atoms with E-state index in [9.17, 15) is 4.39 Å². The fourth-order valence-electron chi connectivity index (χ4n) is 1.11. The van der Waals surface area contributed by atoms with E-state index in [0.29, 0.717) is 19.6 Å². The SMILES string of the molecule is COCCC(N)COc1ccccc1F. The van der Waals surface area contributed by atoms with E-state index in [2.05, 4.69) is 0 Å². The van der Waals surface area contributed by atoms with E-state index in [1.54, 1.807) is 25.3 Å². The third-order valence-electron chi connectivity index (χ3n) is 1.98. The van der Waals surface area contributed by atoms with Gasteiger partial charge in [-0.25, -0.2) is 4.39 Å². The lowest BCUT2D eigenvalue weighted by Gasteiger charge is -2.12. The molecule has 0 radical (unpaired) electrons. The third kappa shape index (κ3) is 4.27. The topological polar surface area (TPSA) is 44.5 Å². The maximum absolute atomic E-state index is 13.1.